The normalized spacial score (nSPS) is 10.3. The molecule has 3 rings (SSSR count). The fourth-order valence-electron chi connectivity index (χ4n) is 2.35. The standard InChI is InChI=1S/C20H15ClN2O4/c1-13-2-7-16(8-3-13)27-17-9-5-15(6-10-17)22-20(24)14-4-11-18(21)19(12-14)23(25)26/h2-12H,1H3,(H,22,24). The molecule has 0 atom stereocenters. The molecule has 0 saturated carbocycles. The van der Waals surface area contributed by atoms with Crippen molar-refractivity contribution in [3.05, 3.63) is 93.0 Å². The molecule has 3 aromatic rings. The third-order valence-electron chi connectivity index (χ3n) is 3.77. The Morgan fingerprint density at radius 2 is 1.59 bits per heavy atom. The van der Waals surface area contributed by atoms with Gasteiger partial charge >= 0.3 is 0 Å². The number of nitrogens with one attached hydrogen (secondary N) is 1. The maximum Gasteiger partial charge on any atom is 0.288 e. The van der Waals surface area contributed by atoms with Gasteiger partial charge in [-0.15, -0.1) is 0 Å². The number of hydrogen-bond donors (Lipinski definition) is 1. The zero-order valence-corrected chi connectivity index (χ0v) is 15.1. The molecule has 0 unspecified atom stereocenters. The smallest absolute Gasteiger partial charge is 0.288 e. The minimum absolute atomic E-state index is 0.0193. The molecule has 1 amide bonds. The van der Waals surface area contributed by atoms with E-state index in [4.69, 9.17) is 16.3 Å². The van der Waals surface area contributed by atoms with Gasteiger partial charge < -0.3 is 10.1 Å². The Morgan fingerprint density at radius 3 is 2.19 bits per heavy atom. The number of nitro groups is 1. The lowest BCUT2D eigenvalue weighted by atomic mass is 10.2. The number of carbonyl (C=O) groups is 1. The zero-order valence-electron chi connectivity index (χ0n) is 14.3. The van der Waals surface area contributed by atoms with E-state index < -0.39 is 10.8 Å². The molecule has 0 radical (unpaired) electrons. The fraction of sp³-hybridized carbons (Fsp3) is 0.0500. The SMILES string of the molecule is Cc1ccc(Oc2ccc(NC(=O)c3ccc(Cl)c([N+](=O)[O-])c3)cc2)cc1. The van der Waals surface area contributed by atoms with Crippen LogP contribution in [0, 0.1) is 17.0 Å². The summed E-state index contributed by atoms with van der Waals surface area (Å²) in [6.07, 6.45) is 0. The van der Waals surface area contributed by atoms with Crippen LogP contribution in [0.5, 0.6) is 11.5 Å². The molecule has 0 heterocycles. The van der Waals surface area contributed by atoms with Gasteiger partial charge in [-0.2, -0.15) is 0 Å². The second kappa shape index (κ2) is 7.88. The van der Waals surface area contributed by atoms with Gasteiger partial charge in [0.2, 0.25) is 0 Å². The molecule has 0 aromatic heterocycles. The van der Waals surface area contributed by atoms with Gasteiger partial charge in [-0.25, -0.2) is 0 Å². The van der Waals surface area contributed by atoms with Crippen LogP contribution < -0.4 is 10.1 Å². The maximum atomic E-state index is 12.3. The highest BCUT2D eigenvalue weighted by Crippen LogP contribution is 2.26. The summed E-state index contributed by atoms with van der Waals surface area (Å²) in [7, 11) is 0. The van der Waals surface area contributed by atoms with Gasteiger partial charge in [-0.05, 0) is 55.5 Å². The summed E-state index contributed by atoms with van der Waals surface area (Å²) in [4.78, 5) is 22.6. The highest BCUT2D eigenvalue weighted by molar-refractivity contribution is 6.32. The van der Waals surface area contributed by atoms with Crippen molar-refractivity contribution < 1.29 is 14.5 Å². The highest BCUT2D eigenvalue weighted by atomic mass is 35.5. The number of aryl methyl sites for hydroxylation is 1. The molecule has 7 heteroatoms. The van der Waals surface area contributed by atoms with Crippen LogP contribution in [-0.4, -0.2) is 10.8 Å². The monoisotopic (exact) mass is 382 g/mol. The molecule has 0 fully saturated rings. The Balaban J connectivity index is 1.69. The molecule has 0 bridgehead atoms. The third kappa shape index (κ3) is 4.62. The molecular formula is C20H15ClN2O4. The predicted octanol–water partition coefficient (Wildman–Crippen LogP) is 5.60. The first-order valence-electron chi connectivity index (χ1n) is 8.02. The number of rotatable bonds is 5. The van der Waals surface area contributed by atoms with Crippen LogP contribution in [0.1, 0.15) is 15.9 Å². The van der Waals surface area contributed by atoms with Crippen molar-refractivity contribution in [1.29, 1.82) is 0 Å². The van der Waals surface area contributed by atoms with E-state index in [1.807, 2.05) is 31.2 Å². The third-order valence-corrected chi connectivity index (χ3v) is 4.09. The van der Waals surface area contributed by atoms with Crippen LogP contribution in [0.4, 0.5) is 11.4 Å². The van der Waals surface area contributed by atoms with Crippen molar-refractivity contribution in [3.8, 4) is 11.5 Å². The van der Waals surface area contributed by atoms with Crippen molar-refractivity contribution in [2.24, 2.45) is 0 Å². The Labute approximate surface area is 160 Å². The van der Waals surface area contributed by atoms with Crippen LogP contribution in [0.2, 0.25) is 5.02 Å². The minimum atomic E-state index is -0.629. The molecule has 1 N–H and O–H groups in total. The van der Waals surface area contributed by atoms with E-state index in [0.29, 0.717) is 17.2 Å². The van der Waals surface area contributed by atoms with E-state index in [-0.39, 0.29) is 16.3 Å². The average Bonchev–Trinajstić information content (AvgIpc) is 2.65. The Hall–Kier alpha value is -3.38. The van der Waals surface area contributed by atoms with Gasteiger partial charge in [0.1, 0.15) is 16.5 Å². The first kappa shape index (κ1) is 18.4. The van der Waals surface area contributed by atoms with Crippen molar-refractivity contribution in [2.75, 3.05) is 5.32 Å². The van der Waals surface area contributed by atoms with Gasteiger partial charge in [0, 0.05) is 17.3 Å². The van der Waals surface area contributed by atoms with Crippen LogP contribution in [0.25, 0.3) is 0 Å². The molecule has 27 heavy (non-hydrogen) atoms. The van der Waals surface area contributed by atoms with Crippen molar-refractivity contribution in [2.45, 2.75) is 6.92 Å². The van der Waals surface area contributed by atoms with Crippen LogP contribution in [0.3, 0.4) is 0 Å². The summed E-state index contributed by atoms with van der Waals surface area (Å²) >= 11 is 5.76. The van der Waals surface area contributed by atoms with Crippen molar-refractivity contribution in [1.82, 2.24) is 0 Å². The fourth-order valence-corrected chi connectivity index (χ4v) is 2.53. The van der Waals surface area contributed by atoms with Crippen LogP contribution in [0.15, 0.2) is 66.7 Å². The average molecular weight is 383 g/mol. The summed E-state index contributed by atoms with van der Waals surface area (Å²) < 4.78 is 5.73. The second-order valence-corrected chi connectivity index (χ2v) is 6.22. The molecule has 0 aliphatic carbocycles. The number of carbonyl (C=O) groups excluding carboxylic acids is 1. The lowest BCUT2D eigenvalue weighted by Gasteiger charge is -2.08. The van der Waals surface area contributed by atoms with E-state index in [2.05, 4.69) is 5.32 Å². The van der Waals surface area contributed by atoms with Gasteiger partial charge in [0.15, 0.2) is 0 Å². The Morgan fingerprint density at radius 1 is 1.00 bits per heavy atom. The molecular weight excluding hydrogens is 368 g/mol. The van der Waals surface area contributed by atoms with Crippen molar-refractivity contribution in [3.63, 3.8) is 0 Å². The molecule has 136 valence electrons. The summed E-state index contributed by atoms with van der Waals surface area (Å²) in [5.74, 6) is 0.867. The molecule has 0 spiro atoms. The van der Waals surface area contributed by atoms with Gasteiger partial charge in [-0.1, -0.05) is 29.3 Å². The number of ether oxygens (including phenoxy) is 1. The quantitative estimate of drug-likeness (QED) is 0.460. The first-order chi connectivity index (χ1) is 12.9. The first-order valence-corrected chi connectivity index (χ1v) is 8.40. The van der Waals surface area contributed by atoms with E-state index in [1.54, 1.807) is 24.3 Å². The lowest BCUT2D eigenvalue weighted by molar-refractivity contribution is -0.384. The van der Waals surface area contributed by atoms with Crippen molar-refractivity contribution >= 4 is 28.9 Å². The molecule has 3 aromatic carbocycles. The van der Waals surface area contributed by atoms with Gasteiger partial charge in [0.05, 0.1) is 4.92 Å². The minimum Gasteiger partial charge on any atom is -0.457 e. The highest BCUT2D eigenvalue weighted by Gasteiger charge is 2.16. The van der Waals surface area contributed by atoms with E-state index in [9.17, 15) is 14.9 Å². The van der Waals surface area contributed by atoms with Crippen LogP contribution >= 0.6 is 11.6 Å². The van der Waals surface area contributed by atoms with Gasteiger partial charge in [0.25, 0.3) is 11.6 Å². The zero-order chi connectivity index (χ0) is 19.4. The number of halogens is 1. The van der Waals surface area contributed by atoms with E-state index >= 15 is 0 Å². The number of nitrogens with zero attached hydrogens (tertiary/aromatic N) is 1. The summed E-state index contributed by atoms with van der Waals surface area (Å²) in [6.45, 7) is 2.00. The van der Waals surface area contributed by atoms with E-state index in [1.165, 1.54) is 12.1 Å². The van der Waals surface area contributed by atoms with E-state index in [0.717, 1.165) is 11.6 Å². The Bertz CT molecular complexity index is 986. The van der Waals surface area contributed by atoms with Gasteiger partial charge in [-0.3, -0.25) is 14.9 Å². The molecule has 0 saturated heterocycles. The predicted molar refractivity (Wildman–Crippen MR) is 104 cm³/mol. The summed E-state index contributed by atoms with van der Waals surface area (Å²) in [6, 6.07) is 18.4. The number of anilines is 1. The maximum absolute atomic E-state index is 12.3. The number of benzene rings is 3. The summed E-state index contributed by atoms with van der Waals surface area (Å²) in [5, 5.41) is 13.6. The number of hydrogen-bond acceptors (Lipinski definition) is 4. The topological polar surface area (TPSA) is 81.5 Å². The lowest BCUT2D eigenvalue weighted by Crippen LogP contribution is -2.12. The number of amides is 1. The molecule has 0 aliphatic rings. The summed E-state index contributed by atoms with van der Waals surface area (Å²) in [5.41, 5.74) is 1.51. The molecule has 0 aliphatic heterocycles. The van der Waals surface area contributed by atoms with Crippen LogP contribution in [-0.2, 0) is 0 Å². The second-order valence-electron chi connectivity index (χ2n) is 5.82. The number of nitro benzene ring substituents is 1. The molecule has 6 nitrogen and oxygen atoms in total. The Kier molecular flexibility index (Phi) is 5.38. The largest absolute Gasteiger partial charge is 0.457 e.